The molecule has 0 spiro atoms. The highest BCUT2D eigenvalue weighted by Gasteiger charge is 2.20. The molecule has 0 bridgehead atoms. The Hall–Kier alpha value is -2.80. The van der Waals surface area contributed by atoms with Crippen LogP contribution in [0.15, 0.2) is 64.2 Å². The Balaban J connectivity index is 1.55. The summed E-state index contributed by atoms with van der Waals surface area (Å²) in [5, 5.41) is 11.2. The van der Waals surface area contributed by atoms with Crippen LogP contribution >= 0.6 is 11.8 Å². The van der Waals surface area contributed by atoms with E-state index < -0.39 is 0 Å². The van der Waals surface area contributed by atoms with Crippen LogP contribution in [-0.2, 0) is 4.79 Å². The highest BCUT2D eigenvalue weighted by molar-refractivity contribution is 8.00. The van der Waals surface area contributed by atoms with Gasteiger partial charge in [-0.1, -0.05) is 49.0 Å². The third-order valence-electron chi connectivity index (χ3n) is 4.68. The fourth-order valence-corrected chi connectivity index (χ4v) is 3.61. The number of carbonyl (C=O) groups excluding carboxylic acids is 1. The number of amides is 1. The van der Waals surface area contributed by atoms with Crippen molar-refractivity contribution in [3.05, 3.63) is 60.2 Å². The molecular formula is C22H25N3O3S. The molecule has 2 aromatic carbocycles. The monoisotopic (exact) mass is 411 g/mol. The van der Waals surface area contributed by atoms with Gasteiger partial charge in [-0.05, 0) is 43.2 Å². The molecular weight excluding hydrogens is 386 g/mol. The number of ether oxygens (including phenoxy) is 1. The van der Waals surface area contributed by atoms with Gasteiger partial charge < -0.3 is 14.5 Å². The molecule has 0 radical (unpaired) electrons. The lowest BCUT2D eigenvalue weighted by atomic mass is 9.96. The van der Waals surface area contributed by atoms with Crippen molar-refractivity contribution in [2.24, 2.45) is 0 Å². The van der Waals surface area contributed by atoms with E-state index >= 15 is 0 Å². The van der Waals surface area contributed by atoms with Crippen LogP contribution in [0.1, 0.15) is 31.7 Å². The molecule has 0 aliphatic carbocycles. The number of nitrogens with zero attached hydrogens (tertiary/aromatic N) is 2. The maximum absolute atomic E-state index is 12.5. The van der Waals surface area contributed by atoms with Gasteiger partial charge >= 0.3 is 0 Å². The average Bonchev–Trinajstić information content (AvgIpc) is 3.23. The molecule has 2 atom stereocenters. The number of rotatable bonds is 9. The molecule has 0 fully saturated rings. The Labute approximate surface area is 175 Å². The molecule has 1 aromatic heterocycles. The zero-order chi connectivity index (χ0) is 20.6. The Morgan fingerprint density at radius 3 is 2.52 bits per heavy atom. The minimum Gasteiger partial charge on any atom is -0.497 e. The third kappa shape index (κ3) is 5.60. The number of methoxy groups -OCH3 is 1. The molecule has 6 nitrogen and oxygen atoms in total. The Morgan fingerprint density at radius 2 is 1.86 bits per heavy atom. The summed E-state index contributed by atoms with van der Waals surface area (Å²) in [4.78, 5) is 12.5. The molecule has 1 N–H and O–H groups in total. The van der Waals surface area contributed by atoms with E-state index in [0.717, 1.165) is 17.7 Å². The van der Waals surface area contributed by atoms with Gasteiger partial charge in [-0.3, -0.25) is 4.79 Å². The maximum atomic E-state index is 12.5. The lowest BCUT2D eigenvalue weighted by Crippen LogP contribution is -2.34. The average molecular weight is 412 g/mol. The topological polar surface area (TPSA) is 77.2 Å². The Kier molecular flexibility index (Phi) is 7.30. The molecule has 1 heterocycles. The maximum Gasteiger partial charge on any atom is 0.277 e. The van der Waals surface area contributed by atoms with Crippen molar-refractivity contribution in [3.63, 3.8) is 0 Å². The van der Waals surface area contributed by atoms with E-state index in [1.54, 1.807) is 7.11 Å². The number of hydrogen-bond donors (Lipinski definition) is 1. The van der Waals surface area contributed by atoms with Crippen molar-refractivity contribution < 1.29 is 13.9 Å². The second-order valence-electron chi connectivity index (χ2n) is 6.62. The summed E-state index contributed by atoms with van der Waals surface area (Å²) < 4.78 is 10.9. The van der Waals surface area contributed by atoms with Crippen molar-refractivity contribution in [2.75, 3.05) is 13.7 Å². The van der Waals surface area contributed by atoms with Crippen molar-refractivity contribution in [2.45, 2.75) is 36.7 Å². The van der Waals surface area contributed by atoms with E-state index in [9.17, 15) is 4.79 Å². The van der Waals surface area contributed by atoms with Crippen LogP contribution in [0.2, 0.25) is 0 Å². The van der Waals surface area contributed by atoms with E-state index in [-0.39, 0.29) is 11.2 Å². The summed E-state index contributed by atoms with van der Waals surface area (Å²) in [5.41, 5.74) is 2.03. The summed E-state index contributed by atoms with van der Waals surface area (Å²) in [6.07, 6.45) is 0.959. The molecule has 3 rings (SSSR count). The molecule has 29 heavy (non-hydrogen) atoms. The van der Waals surface area contributed by atoms with Gasteiger partial charge in [-0.15, -0.1) is 10.2 Å². The van der Waals surface area contributed by atoms with Crippen LogP contribution in [0.4, 0.5) is 0 Å². The van der Waals surface area contributed by atoms with E-state index in [4.69, 9.17) is 9.15 Å². The number of nitrogens with one attached hydrogen (secondary N) is 1. The minimum atomic E-state index is -0.340. The number of benzene rings is 2. The predicted molar refractivity (Wildman–Crippen MR) is 114 cm³/mol. The van der Waals surface area contributed by atoms with Crippen LogP contribution in [0, 0.1) is 0 Å². The highest BCUT2D eigenvalue weighted by atomic mass is 32.2. The lowest BCUT2D eigenvalue weighted by Gasteiger charge is -2.17. The number of aromatic nitrogens is 2. The van der Waals surface area contributed by atoms with Gasteiger partial charge in [0.2, 0.25) is 11.8 Å². The number of thioether (sulfide) groups is 1. The third-order valence-corrected chi connectivity index (χ3v) is 5.61. The van der Waals surface area contributed by atoms with E-state index in [1.165, 1.54) is 17.3 Å². The summed E-state index contributed by atoms with van der Waals surface area (Å²) in [5.74, 6) is 1.42. The smallest absolute Gasteiger partial charge is 0.277 e. The number of carbonyl (C=O) groups is 1. The first-order valence-electron chi connectivity index (χ1n) is 9.58. The van der Waals surface area contributed by atoms with Crippen molar-refractivity contribution in [1.29, 1.82) is 0 Å². The molecule has 0 aliphatic heterocycles. The summed E-state index contributed by atoms with van der Waals surface area (Å²) in [6.45, 7) is 4.56. The van der Waals surface area contributed by atoms with Gasteiger partial charge in [-0.2, -0.15) is 0 Å². The van der Waals surface area contributed by atoms with E-state index in [1.807, 2.05) is 49.4 Å². The SMILES string of the molecule is CC[C@@H](CNC(=O)[C@H](C)Sc1nnc(-c2ccc(OC)cc2)o1)c1ccccc1. The normalized spacial score (nSPS) is 12.9. The van der Waals surface area contributed by atoms with Crippen molar-refractivity contribution >= 4 is 17.7 Å². The highest BCUT2D eigenvalue weighted by Crippen LogP contribution is 2.27. The van der Waals surface area contributed by atoms with E-state index in [0.29, 0.717) is 23.6 Å². The first-order chi connectivity index (χ1) is 14.1. The van der Waals surface area contributed by atoms with Gasteiger partial charge in [0.05, 0.1) is 12.4 Å². The summed E-state index contributed by atoms with van der Waals surface area (Å²) >= 11 is 1.25. The zero-order valence-electron chi connectivity index (χ0n) is 16.8. The van der Waals surface area contributed by atoms with Gasteiger partial charge in [0.1, 0.15) is 5.75 Å². The quantitative estimate of drug-likeness (QED) is 0.521. The predicted octanol–water partition coefficient (Wildman–Crippen LogP) is 4.54. The van der Waals surface area contributed by atoms with Gasteiger partial charge in [0.15, 0.2) is 0 Å². The lowest BCUT2D eigenvalue weighted by molar-refractivity contribution is -0.120. The molecule has 7 heteroatoms. The van der Waals surface area contributed by atoms with Crippen LogP contribution < -0.4 is 10.1 Å². The van der Waals surface area contributed by atoms with Crippen LogP contribution in [0.3, 0.4) is 0 Å². The van der Waals surface area contributed by atoms with Crippen molar-refractivity contribution in [3.8, 4) is 17.2 Å². The second kappa shape index (κ2) is 10.1. The van der Waals surface area contributed by atoms with E-state index in [2.05, 4.69) is 34.6 Å². The largest absolute Gasteiger partial charge is 0.497 e. The first-order valence-corrected chi connectivity index (χ1v) is 10.5. The number of hydrogen-bond acceptors (Lipinski definition) is 6. The van der Waals surface area contributed by atoms with Crippen LogP contribution in [0.5, 0.6) is 5.75 Å². The standard InChI is InChI=1S/C22H25N3O3S/c1-4-16(17-8-6-5-7-9-17)14-23-20(26)15(2)29-22-25-24-21(28-22)18-10-12-19(27-3)13-11-18/h5-13,15-16H,4,14H2,1-3H3,(H,23,26)/t15-,16-/m0/s1. The summed E-state index contributed by atoms with van der Waals surface area (Å²) in [6, 6.07) is 17.6. The van der Waals surface area contributed by atoms with Gasteiger partial charge in [-0.25, -0.2) is 0 Å². The molecule has 0 unspecified atom stereocenters. The van der Waals surface area contributed by atoms with Crippen molar-refractivity contribution in [1.82, 2.24) is 15.5 Å². The fraction of sp³-hybridized carbons (Fsp3) is 0.318. The Bertz CT molecular complexity index is 913. The minimum absolute atomic E-state index is 0.0476. The molecule has 0 saturated carbocycles. The van der Waals surface area contributed by atoms with Crippen LogP contribution in [-0.4, -0.2) is 35.0 Å². The second-order valence-corrected chi connectivity index (χ2v) is 7.91. The molecule has 152 valence electrons. The van der Waals surface area contributed by atoms with Crippen LogP contribution in [0.25, 0.3) is 11.5 Å². The Morgan fingerprint density at radius 1 is 1.14 bits per heavy atom. The summed E-state index contributed by atoms with van der Waals surface area (Å²) in [7, 11) is 1.62. The molecule has 3 aromatic rings. The molecule has 0 aliphatic rings. The fourth-order valence-electron chi connectivity index (χ4n) is 2.90. The molecule has 1 amide bonds. The van der Waals surface area contributed by atoms with Gasteiger partial charge in [0.25, 0.3) is 5.22 Å². The molecule has 0 saturated heterocycles. The first kappa shape index (κ1) is 20.9. The zero-order valence-corrected chi connectivity index (χ0v) is 17.6. The van der Waals surface area contributed by atoms with Gasteiger partial charge in [0, 0.05) is 18.0 Å².